The maximum Gasteiger partial charge on any atom is 0.251 e. The highest BCUT2D eigenvalue weighted by atomic mass is 16.1. The van der Waals surface area contributed by atoms with Crippen LogP contribution in [0.15, 0.2) is 48.7 Å². The van der Waals surface area contributed by atoms with Crippen LogP contribution in [0.4, 0.5) is 5.95 Å². The molecule has 7 heteroatoms. The third kappa shape index (κ3) is 4.27. The van der Waals surface area contributed by atoms with Gasteiger partial charge in [0.05, 0.1) is 5.52 Å². The molecule has 0 bridgehead atoms. The molecule has 0 unspecified atom stereocenters. The molecule has 5 rings (SSSR count). The molecule has 1 amide bonds. The summed E-state index contributed by atoms with van der Waals surface area (Å²) >= 11 is 0. The number of rotatable bonds is 5. The number of fused-ring (bicyclic) bond motifs is 1. The van der Waals surface area contributed by atoms with Crippen LogP contribution in [0.3, 0.4) is 0 Å². The van der Waals surface area contributed by atoms with E-state index < -0.39 is 0 Å². The van der Waals surface area contributed by atoms with Gasteiger partial charge in [0.2, 0.25) is 5.95 Å². The second-order valence-corrected chi connectivity index (χ2v) is 8.20. The third-order valence-corrected chi connectivity index (χ3v) is 5.71. The van der Waals surface area contributed by atoms with Crippen molar-refractivity contribution in [1.29, 1.82) is 0 Å². The van der Waals surface area contributed by atoms with E-state index in [2.05, 4.69) is 43.7 Å². The highest BCUT2D eigenvalue weighted by Crippen LogP contribution is 2.25. The van der Waals surface area contributed by atoms with Gasteiger partial charge in [-0.15, -0.1) is 0 Å². The van der Waals surface area contributed by atoms with Gasteiger partial charge in [0, 0.05) is 49.4 Å². The summed E-state index contributed by atoms with van der Waals surface area (Å²) in [6, 6.07) is 14.3. The van der Waals surface area contributed by atoms with E-state index in [0.717, 1.165) is 61.1 Å². The van der Waals surface area contributed by atoms with E-state index in [9.17, 15) is 4.79 Å². The molecule has 7 nitrogen and oxygen atoms in total. The Kier molecular flexibility index (Phi) is 5.06. The van der Waals surface area contributed by atoms with E-state index in [1.807, 2.05) is 42.6 Å². The molecule has 2 heterocycles. The summed E-state index contributed by atoms with van der Waals surface area (Å²) in [4.78, 5) is 23.8. The molecule has 2 fully saturated rings. The van der Waals surface area contributed by atoms with Crippen molar-refractivity contribution < 1.29 is 4.79 Å². The number of piperazine rings is 1. The topological polar surface area (TPSA) is 73.4 Å². The molecule has 30 heavy (non-hydrogen) atoms. The molecule has 2 aliphatic rings. The standard InChI is InChI=1S/C23H26N6O/c1-28-9-11-29(12-10-28)27-23-24-15-19-14-17(5-8-21(19)26-23)16-3-2-4-18(13-16)22(30)25-20-6-7-20/h2-5,8,13-15,20H,6-7,9-12H2,1H3,(H,25,30)(H,24,26,27). The quantitative estimate of drug-likeness (QED) is 0.684. The summed E-state index contributed by atoms with van der Waals surface area (Å²) in [6.45, 7) is 3.95. The Labute approximate surface area is 176 Å². The number of hydrazine groups is 1. The lowest BCUT2D eigenvalue weighted by Crippen LogP contribution is -2.47. The Morgan fingerprint density at radius 2 is 1.83 bits per heavy atom. The average molecular weight is 403 g/mol. The molecule has 1 saturated heterocycles. The van der Waals surface area contributed by atoms with Crippen LogP contribution in [0.5, 0.6) is 0 Å². The number of carbonyl (C=O) groups is 1. The van der Waals surface area contributed by atoms with Crippen LogP contribution in [-0.2, 0) is 0 Å². The Morgan fingerprint density at radius 3 is 2.63 bits per heavy atom. The van der Waals surface area contributed by atoms with Gasteiger partial charge in [-0.2, -0.15) is 0 Å². The van der Waals surface area contributed by atoms with E-state index >= 15 is 0 Å². The largest absolute Gasteiger partial charge is 0.349 e. The summed E-state index contributed by atoms with van der Waals surface area (Å²) in [5.41, 5.74) is 6.98. The summed E-state index contributed by atoms with van der Waals surface area (Å²) < 4.78 is 0. The number of hydrogen-bond donors (Lipinski definition) is 2. The number of anilines is 1. The Bertz CT molecular complexity index is 1070. The molecule has 1 saturated carbocycles. The first-order valence-electron chi connectivity index (χ1n) is 10.5. The fourth-order valence-corrected chi connectivity index (χ4v) is 3.66. The van der Waals surface area contributed by atoms with Gasteiger partial charge in [0.25, 0.3) is 5.91 Å². The second-order valence-electron chi connectivity index (χ2n) is 8.20. The maximum absolute atomic E-state index is 12.4. The Balaban J connectivity index is 1.34. The number of aromatic nitrogens is 2. The molecule has 2 aromatic carbocycles. The van der Waals surface area contributed by atoms with E-state index in [1.165, 1.54) is 0 Å². The molecule has 1 aliphatic heterocycles. The van der Waals surface area contributed by atoms with E-state index in [0.29, 0.717) is 17.6 Å². The van der Waals surface area contributed by atoms with Gasteiger partial charge in [-0.3, -0.25) is 10.2 Å². The minimum Gasteiger partial charge on any atom is -0.349 e. The van der Waals surface area contributed by atoms with Crippen molar-refractivity contribution in [2.75, 3.05) is 38.7 Å². The van der Waals surface area contributed by atoms with E-state index in [-0.39, 0.29) is 5.91 Å². The molecular weight excluding hydrogens is 376 g/mol. The van der Waals surface area contributed by atoms with Gasteiger partial charge in [-0.1, -0.05) is 18.2 Å². The fourth-order valence-electron chi connectivity index (χ4n) is 3.66. The van der Waals surface area contributed by atoms with Crippen molar-refractivity contribution >= 4 is 22.8 Å². The number of benzene rings is 2. The number of amides is 1. The molecule has 154 valence electrons. The maximum atomic E-state index is 12.4. The van der Waals surface area contributed by atoms with Crippen LogP contribution in [-0.4, -0.2) is 65.1 Å². The minimum absolute atomic E-state index is 0.00287. The SMILES string of the molecule is CN1CCN(Nc2ncc3cc(-c4cccc(C(=O)NC5CC5)c4)ccc3n2)CC1. The smallest absolute Gasteiger partial charge is 0.251 e. The normalized spacial score (nSPS) is 17.8. The van der Waals surface area contributed by atoms with Crippen LogP contribution in [0.2, 0.25) is 0 Å². The van der Waals surface area contributed by atoms with Gasteiger partial charge >= 0.3 is 0 Å². The van der Waals surface area contributed by atoms with Crippen molar-refractivity contribution in [1.82, 2.24) is 25.2 Å². The van der Waals surface area contributed by atoms with Gasteiger partial charge in [-0.25, -0.2) is 15.0 Å². The minimum atomic E-state index is 0.00287. The van der Waals surface area contributed by atoms with Gasteiger partial charge in [0.15, 0.2) is 0 Å². The summed E-state index contributed by atoms with van der Waals surface area (Å²) in [7, 11) is 2.14. The molecule has 1 aliphatic carbocycles. The molecule has 0 radical (unpaired) electrons. The lowest BCUT2D eigenvalue weighted by Gasteiger charge is -2.32. The van der Waals surface area contributed by atoms with Gasteiger partial charge in [-0.05, 0) is 55.3 Å². The molecular formula is C23H26N6O. The number of carbonyl (C=O) groups excluding carboxylic acids is 1. The first kappa shape index (κ1) is 19.0. The van der Waals surface area contributed by atoms with Crippen molar-refractivity contribution in [3.05, 3.63) is 54.2 Å². The molecule has 0 spiro atoms. The van der Waals surface area contributed by atoms with Crippen molar-refractivity contribution in [3.63, 3.8) is 0 Å². The average Bonchev–Trinajstić information content (AvgIpc) is 3.59. The van der Waals surface area contributed by atoms with E-state index in [1.54, 1.807) is 0 Å². The number of hydrogen-bond acceptors (Lipinski definition) is 6. The second kappa shape index (κ2) is 8.01. The van der Waals surface area contributed by atoms with E-state index in [4.69, 9.17) is 0 Å². The Hall–Kier alpha value is -3.03. The number of nitrogens with zero attached hydrogens (tertiary/aromatic N) is 4. The zero-order valence-corrected chi connectivity index (χ0v) is 17.1. The summed E-state index contributed by atoms with van der Waals surface area (Å²) in [6.07, 6.45) is 4.03. The highest BCUT2D eigenvalue weighted by Gasteiger charge is 2.23. The molecule has 3 aromatic rings. The van der Waals surface area contributed by atoms with Crippen LogP contribution >= 0.6 is 0 Å². The van der Waals surface area contributed by atoms with Crippen molar-refractivity contribution in [2.24, 2.45) is 0 Å². The predicted octanol–water partition coefficient (Wildman–Crippen LogP) is 2.76. The first-order valence-corrected chi connectivity index (χ1v) is 10.5. The predicted molar refractivity (Wildman–Crippen MR) is 118 cm³/mol. The van der Waals surface area contributed by atoms with Crippen LogP contribution < -0.4 is 10.7 Å². The fraction of sp³-hybridized carbons (Fsp3) is 0.348. The lowest BCUT2D eigenvalue weighted by molar-refractivity contribution is 0.0951. The van der Waals surface area contributed by atoms with Crippen molar-refractivity contribution in [2.45, 2.75) is 18.9 Å². The zero-order valence-electron chi connectivity index (χ0n) is 17.1. The van der Waals surface area contributed by atoms with Crippen LogP contribution in [0, 0.1) is 0 Å². The monoisotopic (exact) mass is 402 g/mol. The third-order valence-electron chi connectivity index (χ3n) is 5.71. The van der Waals surface area contributed by atoms with Crippen LogP contribution in [0.25, 0.3) is 22.0 Å². The van der Waals surface area contributed by atoms with Crippen molar-refractivity contribution in [3.8, 4) is 11.1 Å². The summed E-state index contributed by atoms with van der Waals surface area (Å²) in [5.74, 6) is 0.627. The highest BCUT2D eigenvalue weighted by molar-refractivity contribution is 5.96. The molecule has 0 atom stereocenters. The summed E-state index contributed by atoms with van der Waals surface area (Å²) in [5, 5.41) is 6.18. The zero-order chi connectivity index (χ0) is 20.5. The van der Waals surface area contributed by atoms with Crippen LogP contribution in [0.1, 0.15) is 23.2 Å². The molecule has 2 N–H and O–H groups in total. The molecule has 1 aromatic heterocycles. The Morgan fingerprint density at radius 1 is 1.03 bits per heavy atom. The van der Waals surface area contributed by atoms with Gasteiger partial charge < -0.3 is 10.2 Å². The lowest BCUT2D eigenvalue weighted by atomic mass is 10.0. The number of nitrogens with one attached hydrogen (secondary N) is 2. The number of likely N-dealkylation sites (N-methyl/N-ethyl adjacent to an activating group) is 1. The van der Waals surface area contributed by atoms with Gasteiger partial charge in [0.1, 0.15) is 0 Å². The first-order chi connectivity index (χ1) is 14.6.